The van der Waals surface area contributed by atoms with Gasteiger partial charge in [-0.05, 0) is 80.9 Å². The van der Waals surface area contributed by atoms with Crippen molar-refractivity contribution in [1.29, 1.82) is 0 Å². The van der Waals surface area contributed by atoms with E-state index in [1.807, 2.05) is 17.0 Å². The SMILES string of the molecule is O=C(N(CCN1[C@@H]2CC[C@H]1C[C@@H](c1cccc(O)c1)C2)CC1CCCCC1)C1(O)CC1. The van der Waals surface area contributed by atoms with Gasteiger partial charge in [0.25, 0.3) is 5.91 Å². The highest BCUT2D eigenvalue weighted by Crippen LogP contribution is 2.43. The Kier molecular flexibility index (Phi) is 6.00. The van der Waals surface area contributed by atoms with Gasteiger partial charge in [-0.1, -0.05) is 31.4 Å². The summed E-state index contributed by atoms with van der Waals surface area (Å²) in [5.41, 5.74) is 0.206. The van der Waals surface area contributed by atoms with Gasteiger partial charge in [-0.15, -0.1) is 0 Å². The summed E-state index contributed by atoms with van der Waals surface area (Å²) in [4.78, 5) is 17.7. The van der Waals surface area contributed by atoms with Crippen LogP contribution in [0.25, 0.3) is 0 Å². The molecule has 0 spiro atoms. The number of rotatable bonds is 7. The molecule has 5 rings (SSSR count). The summed E-state index contributed by atoms with van der Waals surface area (Å²) in [7, 11) is 0. The van der Waals surface area contributed by atoms with E-state index in [4.69, 9.17) is 0 Å². The minimum absolute atomic E-state index is 0.0138. The number of phenolic OH excluding ortho intramolecular Hbond substituents is 1. The molecule has 1 aromatic carbocycles. The summed E-state index contributed by atoms with van der Waals surface area (Å²) >= 11 is 0. The number of hydrogen-bond acceptors (Lipinski definition) is 4. The van der Waals surface area contributed by atoms with Crippen LogP contribution >= 0.6 is 0 Å². The van der Waals surface area contributed by atoms with Crippen molar-refractivity contribution in [1.82, 2.24) is 9.80 Å². The lowest BCUT2D eigenvalue weighted by Gasteiger charge is -2.41. The summed E-state index contributed by atoms with van der Waals surface area (Å²) in [6.07, 6.45) is 12.4. The number of aromatic hydroxyl groups is 1. The topological polar surface area (TPSA) is 64.0 Å². The number of carbonyl (C=O) groups excluding carboxylic acids is 1. The van der Waals surface area contributed by atoms with Gasteiger partial charge in [-0.3, -0.25) is 9.69 Å². The zero-order chi connectivity index (χ0) is 21.4. The zero-order valence-electron chi connectivity index (χ0n) is 18.7. The van der Waals surface area contributed by atoms with Crippen molar-refractivity contribution in [2.75, 3.05) is 19.6 Å². The summed E-state index contributed by atoms with van der Waals surface area (Å²) < 4.78 is 0. The van der Waals surface area contributed by atoms with Crippen molar-refractivity contribution in [2.45, 2.75) is 94.2 Å². The molecule has 0 aromatic heterocycles. The Bertz CT molecular complexity index is 773. The average molecular weight is 427 g/mol. The van der Waals surface area contributed by atoms with Gasteiger partial charge in [0.05, 0.1) is 0 Å². The number of carbonyl (C=O) groups is 1. The third kappa shape index (κ3) is 4.63. The van der Waals surface area contributed by atoms with E-state index in [1.165, 1.54) is 50.5 Å². The van der Waals surface area contributed by atoms with E-state index in [0.717, 1.165) is 32.5 Å². The van der Waals surface area contributed by atoms with Gasteiger partial charge in [0.15, 0.2) is 0 Å². The van der Waals surface area contributed by atoms with Gasteiger partial charge in [0.2, 0.25) is 0 Å². The van der Waals surface area contributed by atoms with Gasteiger partial charge in [0, 0.05) is 31.7 Å². The minimum atomic E-state index is -1.06. The Morgan fingerprint density at radius 2 is 1.77 bits per heavy atom. The van der Waals surface area contributed by atoms with Gasteiger partial charge in [0.1, 0.15) is 11.4 Å². The van der Waals surface area contributed by atoms with Gasteiger partial charge in [-0.25, -0.2) is 0 Å². The molecule has 31 heavy (non-hydrogen) atoms. The number of aliphatic hydroxyl groups is 1. The average Bonchev–Trinajstić information content (AvgIpc) is 3.49. The van der Waals surface area contributed by atoms with E-state index in [-0.39, 0.29) is 5.91 Å². The first kappa shape index (κ1) is 21.3. The molecule has 1 aromatic rings. The van der Waals surface area contributed by atoms with Crippen molar-refractivity contribution in [3.63, 3.8) is 0 Å². The van der Waals surface area contributed by atoms with Crippen molar-refractivity contribution in [3.8, 4) is 5.75 Å². The Morgan fingerprint density at radius 1 is 1.06 bits per heavy atom. The number of amides is 1. The van der Waals surface area contributed by atoms with Gasteiger partial charge < -0.3 is 15.1 Å². The maximum absolute atomic E-state index is 13.1. The number of benzene rings is 1. The second-order valence-electron chi connectivity index (χ2n) is 10.7. The molecule has 2 aliphatic heterocycles. The fourth-order valence-corrected chi connectivity index (χ4v) is 6.51. The molecule has 0 unspecified atom stereocenters. The largest absolute Gasteiger partial charge is 0.508 e. The van der Waals surface area contributed by atoms with Crippen molar-refractivity contribution in [2.24, 2.45) is 5.92 Å². The second kappa shape index (κ2) is 8.74. The fourth-order valence-electron chi connectivity index (χ4n) is 6.51. The predicted molar refractivity (Wildman–Crippen MR) is 121 cm³/mol. The van der Waals surface area contributed by atoms with Gasteiger partial charge >= 0.3 is 0 Å². The molecule has 170 valence electrons. The molecule has 2 aliphatic carbocycles. The molecule has 3 atom stereocenters. The first-order valence-corrected chi connectivity index (χ1v) is 12.6. The molecule has 2 N–H and O–H groups in total. The molecule has 1 amide bonds. The first-order chi connectivity index (χ1) is 15.0. The second-order valence-corrected chi connectivity index (χ2v) is 10.7. The summed E-state index contributed by atoms with van der Waals surface area (Å²) in [5.74, 6) is 1.48. The van der Waals surface area contributed by atoms with E-state index in [2.05, 4.69) is 11.0 Å². The molecular weight excluding hydrogens is 388 g/mol. The Morgan fingerprint density at radius 3 is 2.42 bits per heavy atom. The number of hydrogen-bond donors (Lipinski definition) is 2. The molecule has 4 aliphatic rings. The van der Waals surface area contributed by atoms with Crippen molar-refractivity contribution in [3.05, 3.63) is 29.8 Å². The van der Waals surface area contributed by atoms with E-state index >= 15 is 0 Å². The monoisotopic (exact) mass is 426 g/mol. The van der Waals surface area contributed by atoms with E-state index in [9.17, 15) is 15.0 Å². The molecule has 4 fully saturated rings. The minimum Gasteiger partial charge on any atom is -0.508 e. The van der Waals surface area contributed by atoms with Crippen LogP contribution in [-0.2, 0) is 4.79 Å². The van der Waals surface area contributed by atoms with Crippen LogP contribution in [0.15, 0.2) is 24.3 Å². The van der Waals surface area contributed by atoms with Crippen molar-refractivity contribution >= 4 is 5.91 Å². The maximum Gasteiger partial charge on any atom is 0.254 e. The Hall–Kier alpha value is -1.59. The Balaban J connectivity index is 1.22. The van der Waals surface area contributed by atoms with Crippen LogP contribution in [0.1, 0.15) is 82.1 Å². The lowest BCUT2D eigenvalue weighted by Crippen LogP contribution is -2.50. The third-order valence-electron chi connectivity index (χ3n) is 8.47. The lowest BCUT2D eigenvalue weighted by molar-refractivity contribution is -0.143. The van der Waals surface area contributed by atoms with E-state index < -0.39 is 5.60 Å². The molecule has 5 heteroatoms. The highest BCUT2D eigenvalue weighted by molar-refractivity contribution is 5.87. The number of phenols is 1. The summed E-state index contributed by atoms with van der Waals surface area (Å²) in [6, 6.07) is 8.93. The van der Waals surface area contributed by atoms with Crippen LogP contribution in [0, 0.1) is 5.92 Å². The molecule has 2 saturated heterocycles. The number of nitrogens with zero attached hydrogens (tertiary/aromatic N) is 2. The molecule has 2 heterocycles. The highest BCUT2D eigenvalue weighted by atomic mass is 16.3. The smallest absolute Gasteiger partial charge is 0.254 e. The molecule has 5 nitrogen and oxygen atoms in total. The number of piperidine rings is 1. The number of fused-ring (bicyclic) bond motifs is 2. The van der Waals surface area contributed by atoms with E-state index in [1.54, 1.807) is 6.07 Å². The lowest BCUT2D eigenvalue weighted by atomic mass is 9.85. The molecule has 2 saturated carbocycles. The molecule has 0 radical (unpaired) electrons. The van der Waals surface area contributed by atoms with Crippen LogP contribution in [-0.4, -0.2) is 63.2 Å². The van der Waals surface area contributed by atoms with Crippen LogP contribution in [0.3, 0.4) is 0 Å². The Labute approximate surface area is 186 Å². The fraction of sp³-hybridized carbons (Fsp3) is 0.731. The third-order valence-corrected chi connectivity index (χ3v) is 8.47. The standard InChI is InChI=1S/C26H38N2O3/c29-24-8-4-7-20(17-24)21-15-22-9-10-23(16-21)28(22)14-13-27(25(30)26(31)11-12-26)18-19-5-2-1-3-6-19/h4,7-8,17,19,21-23,29,31H,1-3,5-6,9-16,18H2/t21-,22+,23-. The summed E-state index contributed by atoms with van der Waals surface area (Å²) in [6.45, 7) is 2.51. The predicted octanol–water partition coefficient (Wildman–Crippen LogP) is 4.04. The van der Waals surface area contributed by atoms with E-state index in [0.29, 0.717) is 42.5 Å². The molecular formula is C26H38N2O3. The molecule has 2 bridgehead atoms. The first-order valence-electron chi connectivity index (χ1n) is 12.6. The van der Waals surface area contributed by atoms with Crippen LogP contribution in [0.2, 0.25) is 0 Å². The summed E-state index contributed by atoms with van der Waals surface area (Å²) in [5, 5.41) is 20.4. The van der Waals surface area contributed by atoms with Crippen molar-refractivity contribution < 1.29 is 15.0 Å². The quantitative estimate of drug-likeness (QED) is 0.691. The zero-order valence-corrected chi connectivity index (χ0v) is 18.7. The highest BCUT2D eigenvalue weighted by Gasteiger charge is 2.50. The van der Waals surface area contributed by atoms with Crippen LogP contribution < -0.4 is 0 Å². The van der Waals surface area contributed by atoms with Crippen LogP contribution in [0.4, 0.5) is 0 Å². The normalized spacial score (nSPS) is 30.3. The maximum atomic E-state index is 13.1. The van der Waals surface area contributed by atoms with Crippen LogP contribution in [0.5, 0.6) is 5.75 Å². The van der Waals surface area contributed by atoms with Gasteiger partial charge in [-0.2, -0.15) is 0 Å².